The van der Waals surface area contributed by atoms with Crippen molar-refractivity contribution in [2.75, 3.05) is 5.32 Å². The van der Waals surface area contributed by atoms with Crippen molar-refractivity contribution in [3.63, 3.8) is 0 Å². The summed E-state index contributed by atoms with van der Waals surface area (Å²) >= 11 is 0. The summed E-state index contributed by atoms with van der Waals surface area (Å²) in [4.78, 5) is 0. The Morgan fingerprint density at radius 2 is 1.95 bits per heavy atom. The largest absolute Gasteiger partial charge is 0.433 e. The van der Waals surface area contributed by atoms with Gasteiger partial charge in [-0.15, -0.1) is 0 Å². The molecule has 1 saturated carbocycles. The van der Waals surface area contributed by atoms with E-state index in [0.29, 0.717) is 23.6 Å². The number of nitrogens with one attached hydrogen (secondary N) is 1. The van der Waals surface area contributed by atoms with Crippen molar-refractivity contribution in [3.05, 3.63) is 24.3 Å². The number of hydrogen-bond donors (Lipinski definition) is 1. The van der Waals surface area contributed by atoms with Gasteiger partial charge in [0.25, 0.3) is 0 Å². The molecule has 1 aromatic carbocycles. The molecular formula is C16H23F2NO. The number of alkyl halides is 2. The van der Waals surface area contributed by atoms with E-state index in [-0.39, 0.29) is 5.75 Å². The maximum atomic E-state index is 12.4. The maximum Gasteiger partial charge on any atom is 0.387 e. The van der Waals surface area contributed by atoms with Gasteiger partial charge in [-0.05, 0) is 36.8 Å². The fourth-order valence-electron chi connectivity index (χ4n) is 2.97. The number of hydrogen-bond acceptors (Lipinski definition) is 2. The van der Waals surface area contributed by atoms with Crippen molar-refractivity contribution in [1.29, 1.82) is 0 Å². The van der Waals surface area contributed by atoms with E-state index in [0.717, 1.165) is 12.8 Å². The van der Waals surface area contributed by atoms with Crippen LogP contribution in [-0.4, -0.2) is 12.7 Å². The third kappa shape index (κ3) is 4.09. The second-order valence-corrected chi connectivity index (χ2v) is 5.89. The lowest BCUT2D eigenvalue weighted by molar-refractivity contribution is -0.0494. The predicted molar refractivity (Wildman–Crippen MR) is 77.3 cm³/mol. The Kier molecular flexibility index (Phi) is 5.21. The molecule has 1 aromatic rings. The van der Waals surface area contributed by atoms with Gasteiger partial charge in [-0.2, -0.15) is 8.78 Å². The number of halogens is 2. The highest BCUT2D eigenvalue weighted by atomic mass is 19.3. The smallest absolute Gasteiger partial charge is 0.387 e. The quantitative estimate of drug-likeness (QED) is 0.828. The Balaban J connectivity index is 2.02. The lowest BCUT2D eigenvalue weighted by atomic mass is 9.79. The fraction of sp³-hybridized carbons (Fsp3) is 0.625. The first-order valence-electron chi connectivity index (χ1n) is 7.36. The van der Waals surface area contributed by atoms with E-state index >= 15 is 0 Å². The Bertz CT molecular complexity index is 423. The van der Waals surface area contributed by atoms with Gasteiger partial charge in [-0.1, -0.05) is 38.8 Å². The molecule has 0 spiro atoms. The minimum atomic E-state index is -2.78. The molecular weight excluding hydrogens is 260 g/mol. The van der Waals surface area contributed by atoms with Crippen LogP contribution in [-0.2, 0) is 0 Å². The number of anilines is 1. The first-order valence-corrected chi connectivity index (χ1v) is 7.36. The highest BCUT2D eigenvalue weighted by Crippen LogP contribution is 2.33. The van der Waals surface area contributed by atoms with Crippen LogP contribution in [0.5, 0.6) is 5.75 Å². The van der Waals surface area contributed by atoms with Gasteiger partial charge in [-0.25, -0.2) is 0 Å². The lowest BCUT2D eigenvalue weighted by Crippen LogP contribution is -2.29. The van der Waals surface area contributed by atoms with Gasteiger partial charge in [0.2, 0.25) is 0 Å². The average Bonchev–Trinajstić information content (AvgIpc) is 2.41. The number of rotatable bonds is 5. The first kappa shape index (κ1) is 15.1. The molecule has 0 aliphatic heterocycles. The highest BCUT2D eigenvalue weighted by Gasteiger charge is 2.24. The van der Waals surface area contributed by atoms with Gasteiger partial charge in [0.05, 0.1) is 5.69 Å². The molecule has 2 unspecified atom stereocenters. The molecule has 2 atom stereocenters. The monoisotopic (exact) mass is 283 g/mol. The van der Waals surface area contributed by atoms with Crippen LogP contribution in [0.3, 0.4) is 0 Å². The van der Waals surface area contributed by atoms with Crippen molar-refractivity contribution in [2.24, 2.45) is 11.8 Å². The van der Waals surface area contributed by atoms with Crippen LogP contribution < -0.4 is 10.1 Å². The lowest BCUT2D eigenvalue weighted by Gasteiger charge is -2.33. The second kappa shape index (κ2) is 6.91. The van der Waals surface area contributed by atoms with Crippen LogP contribution in [0.4, 0.5) is 14.5 Å². The number of ether oxygens (including phenoxy) is 1. The minimum absolute atomic E-state index is 0.231. The van der Waals surface area contributed by atoms with Gasteiger partial charge in [0.1, 0.15) is 5.75 Å². The topological polar surface area (TPSA) is 21.3 Å². The predicted octanol–water partition coefficient (Wildman–Crippen LogP) is 4.91. The molecule has 1 N–H and O–H groups in total. The van der Waals surface area contributed by atoms with Crippen molar-refractivity contribution in [3.8, 4) is 5.75 Å². The van der Waals surface area contributed by atoms with Crippen molar-refractivity contribution >= 4 is 5.69 Å². The van der Waals surface area contributed by atoms with Crippen molar-refractivity contribution < 1.29 is 13.5 Å². The molecule has 0 saturated heterocycles. The summed E-state index contributed by atoms with van der Waals surface area (Å²) in [6.07, 6.45) is 4.65. The third-order valence-electron chi connectivity index (χ3n) is 4.12. The van der Waals surface area contributed by atoms with Crippen LogP contribution in [0.2, 0.25) is 0 Å². The molecule has 1 aliphatic rings. The van der Waals surface area contributed by atoms with Gasteiger partial charge >= 0.3 is 6.61 Å². The Labute approximate surface area is 119 Å². The molecule has 4 heteroatoms. The summed E-state index contributed by atoms with van der Waals surface area (Å²) < 4.78 is 29.4. The molecule has 0 aromatic heterocycles. The van der Waals surface area contributed by atoms with Crippen molar-refractivity contribution in [2.45, 2.75) is 52.2 Å². The zero-order chi connectivity index (χ0) is 14.5. The van der Waals surface area contributed by atoms with Gasteiger partial charge in [-0.3, -0.25) is 0 Å². The van der Waals surface area contributed by atoms with E-state index in [4.69, 9.17) is 0 Å². The summed E-state index contributed by atoms with van der Waals surface area (Å²) in [5.41, 5.74) is 0.669. The molecule has 2 rings (SSSR count). The van der Waals surface area contributed by atoms with Crippen molar-refractivity contribution in [1.82, 2.24) is 0 Å². The molecule has 1 fully saturated rings. The Morgan fingerprint density at radius 3 is 2.65 bits per heavy atom. The SMILES string of the molecule is CC(C)C1CCCC(Nc2ccccc2OC(F)F)C1. The van der Waals surface area contributed by atoms with E-state index in [1.54, 1.807) is 18.2 Å². The zero-order valence-corrected chi connectivity index (χ0v) is 12.1. The minimum Gasteiger partial charge on any atom is -0.433 e. The molecule has 1 aliphatic carbocycles. The van der Waals surface area contributed by atoms with Crippen LogP contribution >= 0.6 is 0 Å². The highest BCUT2D eigenvalue weighted by molar-refractivity contribution is 5.56. The van der Waals surface area contributed by atoms with E-state index < -0.39 is 6.61 Å². The zero-order valence-electron chi connectivity index (χ0n) is 12.1. The Morgan fingerprint density at radius 1 is 1.20 bits per heavy atom. The first-order chi connectivity index (χ1) is 9.56. The van der Waals surface area contributed by atoms with Crippen LogP contribution in [0.25, 0.3) is 0 Å². The second-order valence-electron chi connectivity index (χ2n) is 5.89. The molecule has 0 bridgehead atoms. The van der Waals surface area contributed by atoms with Gasteiger partial charge < -0.3 is 10.1 Å². The average molecular weight is 283 g/mol. The van der Waals surface area contributed by atoms with E-state index in [1.807, 2.05) is 6.07 Å². The van der Waals surface area contributed by atoms with Gasteiger partial charge in [0, 0.05) is 6.04 Å². The molecule has 20 heavy (non-hydrogen) atoms. The standard InChI is InChI=1S/C16H23F2NO/c1-11(2)12-6-5-7-13(10-12)19-14-8-3-4-9-15(14)20-16(17)18/h3-4,8-9,11-13,16,19H,5-7,10H2,1-2H3. The van der Waals surface area contributed by atoms with E-state index in [2.05, 4.69) is 23.9 Å². The third-order valence-corrected chi connectivity index (χ3v) is 4.12. The maximum absolute atomic E-state index is 12.4. The summed E-state index contributed by atoms with van der Waals surface area (Å²) in [6, 6.07) is 7.27. The molecule has 2 nitrogen and oxygen atoms in total. The molecule has 0 radical (unpaired) electrons. The fourth-order valence-corrected chi connectivity index (χ4v) is 2.97. The molecule has 0 heterocycles. The van der Waals surface area contributed by atoms with E-state index in [9.17, 15) is 8.78 Å². The summed E-state index contributed by atoms with van der Waals surface area (Å²) in [7, 11) is 0. The number of para-hydroxylation sites is 2. The molecule has 112 valence electrons. The summed E-state index contributed by atoms with van der Waals surface area (Å²) in [5.74, 6) is 1.62. The summed E-state index contributed by atoms with van der Waals surface area (Å²) in [6.45, 7) is 1.72. The summed E-state index contributed by atoms with van der Waals surface area (Å²) in [5, 5.41) is 3.38. The van der Waals surface area contributed by atoms with Crippen LogP contribution in [0.1, 0.15) is 39.5 Å². The van der Waals surface area contributed by atoms with Crippen LogP contribution in [0.15, 0.2) is 24.3 Å². The van der Waals surface area contributed by atoms with Gasteiger partial charge in [0.15, 0.2) is 0 Å². The molecule has 0 amide bonds. The number of benzene rings is 1. The van der Waals surface area contributed by atoms with E-state index in [1.165, 1.54) is 12.8 Å². The van der Waals surface area contributed by atoms with Crippen LogP contribution in [0, 0.1) is 11.8 Å². The Hall–Kier alpha value is -1.32. The normalized spacial score (nSPS) is 23.1.